The monoisotopic (exact) mass is 419 g/mol. The number of aromatic hydroxyl groups is 1. The van der Waals surface area contributed by atoms with Crippen molar-refractivity contribution >= 4 is 16.8 Å². The van der Waals surface area contributed by atoms with Gasteiger partial charge in [-0.1, -0.05) is 37.3 Å². The maximum Gasteiger partial charge on any atom is 0.267 e. The maximum atomic E-state index is 12.4. The molecule has 5 heteroatoms. The second-order valence-corrected chi connectivity index (χ2v) is 8.58. The van der Waals surface area contributed by atoms with Crippen molar-refractivity contribution in [2.24, 2.45) is 0 Å². The zero-order chi connectivity index (χ0) is 21.6. The zero-order valence-corrected chi connectivity index (χ0v) is 18.4. The minimum absolute atomic E-state index is 0.0368. The molecule has 3 aromatic rings. The molecule has 2 aromatic carbocycles. The van der Waals surface area contributed by atoms with E-state index in [4.69, 9.17) is 0 Å². The summed E-state index contributed by atoms with van der Waals surface area (Å²) >= 11 is 0. The summed E-state index contributed by atoms with van der Waals surface area (Å²) in [5.74, 6) is 0.411. The SMILES string of the molecule is CCCN(CCCCNC(=O)c1cc2ccccc2[nH]1)C1CCc2c(O)cccc2C1. The Kier molecular flexibility index (Phi) is 6.92. The fourth-order valence-corrected chi connectivity index (χ4v) is 4.78. The highest BCUT2D eigenvalue weighted by Gasteiger charge is 2.25. The van der Waals surface area contributed by atoms with Crippen LogP contribution < -0.4 is 5.32 Å². The molecule has 0 radical (unpaired) electrons. The molecule has 1 amide bonds. The quantitative estimate of drug-likeness (QED) is 0.442. The van der Waals surface area contributed by atoms with Crippen molar-refractivity contribution in [3.05, 3.63) is 65.4 Å². The predicted molar refractivity (Wildman–Crippen MR) is 126 cm³/mol. The summed E-state index contributed by atoms with van der Waals surface area (Å²) in [5.41, 5.74) is 4.04. The number of phenols is 1. The number of fused-ring (bicyclic) bond motifs is 2. The van der Waals surface area contributed by atoms with Crippen LogP contribution in [0, 0.1) is 0 Å². The summed E-state index contributed by atoms with van der Waals surface area (Å²) in [7, 11) is 0. The first-order valence-electron chi connectivity index (χ1n) is 11.6. The van der Waals surface area contributed by atoms with Crippen molar-refractivity contribution < 1.29 is 9.90 Å². The number of carbonyl (C=O) groups is 1. The molecule has 0 saturated heterocycles. The van der Waals surface area contributed by atoms with Crippen LogP contribution in [0.3, 0.4) is 0 Å². The molecule has 1 atom stereocenters. The second kappa shape index (κ2) is 10.0. The number of rotatable bonds is 9. The van der Waals surface area contributed by atoms with E-state index < -0.39 is 0 Å². The minimum atomic E-state index is -0.0368. The summed E-state index contributed by atoms with van der Waals surface area (Å²) in [5, 5.41) is 14.2. The first-order valence-corrected chi connectivity index (χ1v) is 11.6. The van der Waals surface area contributed by atoms with Gasteiger partial charge in [0, 0.05) is 23.5 Å². The summed E-state index contributed by atoms with van der Waals surface area (Å²) in [6.07, 6.45) is 6.24. The van der Waals surface area contributed by atoms with Crippen LogP contribution in [0.5, 0.6) is 5.75 Å². The normalized spacial score (nSPS) is 15.9. The molecule has 0 spiro atoms. The maximum absolute atomic E-state index is 12.4. The third-order valence-electron chi connectivity index (χ3n) is 6.39. The van der Waals surface area contributed by atoms with Crippen LogP contribution in [0.25, 0.3) is 10.9 Å². The number of H-pyrrole nitrogens is 1. The lowest BCUT2D eigenvalue weighted by atomic mass is 9.86. The Labute approximate surface area is 184 Å². The predicted octanol–water partition coefficient (Wildman–Crippen LogP) is 4.65. The lowest BCUT2D eigenvalue weighted by molar-refractivity contribution is 0.0947. The molecule has 3 N–H and O–H groups in total. The smallest absolute Gasteiger partial charge is 0.267 e. The first kappa shape index (κ1) is 21.4. The third-order valence-corrected chi connectivity index (χ3v) is 6.39. The van der Waals surface area contributed by atoms with Crippen LogP contribution in [0.4, 0.5) is 0 Å². The van der Waals surface area contributed by atoms with Gasteiger partial charge < -0.3 is 20.3 Å². The zero-order valence-electron chi connectivity index (χ0n) is 18.4. The number of nitrogens with zero attached hydrogens (tertiary/aromatic N) is 1. The van der Waals surface area contributed by atoms with E-state index in [1.165, 1.54) is 5.56 Å². The lowest BCUT2D eigenvalue weighted by Gasteiger charge is -2.35. The van der Waals surface area contributed by atoms with Crippen LogP contribution in [-0.2, 0) is 12.8 Å². The van der Waals surface area contributed by atoms with Crippen LogP contribution in [0.2, 0.25) is 0 Å². The van der Waals surface area contributed by atoms with Gasteiger partial charge in [0.1, 0.15) is 11.4 Å². The number of carbonyl (C=O) groups excluding carboxylic acids is 1. The standard InChI is InChI=1S/C26H33N3O2/c1-2-15-29(21-12-13-22-19(17-21)9-7-11-25(22)30)16-6-5-14-27-26(31)24-18-20-8-3-4-10-23(20)28-24/h3-4,7-11,18,21,28,30H,2,5-6,12-17H2,1H3,(H,27,31). The molecule has 0 bridgehead atoms. The lowest BCUT2D eigenvalue weighted by Crippen LogP contribution is -2.40. The number of amides is 1. The average Bonchev–Trinajstić information content (AvgIpc) is 3.22. The molecule has 31 heavy (non-hydrogen) atoms. The molecule has 0 saturated carbocycles. The molecule has 164 valence electrons. The van der Waals surface area contributed by atoms with E-state index in [0.29, 0.717) is 24.0 Å². The van der Waals surface area contributed by atoms with Crippen molar-refractivity contribution in [3.8, 4) is 5.75 Å². The number of hydrogen-bond acceptors (Lipinski definition) is 3. The van der Waals surface area contributed by atoms with Gasteiger partial charge in [-0.25, -0.2) is 0 Å². The Morgan fingerprint density at radius 1 is 1.16 bits per heavy atom. The third kappa shape index (κ3) is 5.10. The van der Waals surface area contributed by atoms with E-state index in [0.717, 1.165) is 68.1 Å². The van der Waals surface area contributed by atoms with Gasteiger partial charge in [0.05, 0.1) is 0 Å². The Hall–Kier alpha value is -2.79. The van der Waals surface area contributed by atoms with Crippen molar-refractivity contribution in [1.82, 2.24) is 15.2 Å². The Morgan fingerprint density at radius 2 is 2.03 bits per heavy atom. The molecule has 0 aliphatic heterocycles. The Balaban J connectivity index is 1.24. The van der Waals surface area contributed by atoms with E-state index in [9.17, 15) is 9.90 Å². The molecule has 1 aliphatic carbocycles. The molecule has 4 rings (SSSR count). The van der Waals surface area contributed by atoms with Crippen molar-refractivity contribution in [1.29, 1.82) is 0 Å². The number of benzene rings is 2. The van der Waals surface area contributed by atoms with Crippen LogP contribution >= 0.6 is 0 Å². The molecular weight excluding hydrogens is 386 g/mol. The van der Waals surface area contributed by atoms with Crippen LogP contribution in [-0.4, -0.2) is 46.6 Å². The number of para-hydroxylation sites is 1. The summed E-state index contributed by atoms with van der Waals surface area (Å²) in [6.45, 7) is 5.07. The second-order valence-electron chi connectivity index (χ2n) is 8.58. The molecule has 5 nitrogen and oxygen atoms in total. The molecule has 1 aliphatic rings. The van der Waals surface area contributed by atoms with Gasteiger partial charge in [0.2, 0.25) is 0 Å². The number of nitrogens with one attached hydrogen (secondary N) is 2. The first-order chi connectivity index (χ1) is 15.2. The van der Waals surface area contributed by atoms with Crippen molar-refractivity contribution in [2.75, 3.05) is 19.6 Å². The van der Waals surface area contributed by atoms with E-state index >= 15 is 0 Å². The highest BCUT2D eigenvalue weighted by atomic mass is 16.3. The summed E-state index contributed by atoms with van der Waals surface area (Å²) in [6, 6.07) is 16.3. The van der Waals surface area contributed by atoms with Crippen LogP contribution in [0.1, 0.15) is 54.2 Å². The van der Waals surface area contributed by atoms with Crippen molar-refractivity contribution in [2.45, 2.75) is 51.5 Å². The van der Waals surface area contributed by atoms with Gasteiger partial charge in [-0.2, -0.15) is 0 Å². The van der Waals surface area contributed by atoms with Gasteiger partial charge in [-0.05, 0) is 80.9 Å². The summed E-state index contributed by atoms with van der Waals surface area (Å²) < 4.78 is 0. The summed E-state index contributed by atoms with van der Waals surface area (Å²) in [4.78, 5) is 18.2. The fraction of sp³-hybridized carbons (Fsp3) is 0.423. The van der Waals surface area contributed by atoms with Gasteiger partial charge >= 0.3 is 0 Å². The van der Waals surface area contributed by atoms with E-state index in [-0.39, 0.29) is 5.91 Å². The van der Waals surface area contributed by atoms with Gasteiger partial charge in [0.15, 0.2) is 0 Å². The number of unbranched alkanes of at least 4 members (excludes halogenated alkanes) is 1. The Morgan fingerprint density at radius 3 is 2.87 bits per heavy atom. The van der Waals surface area contributed by atoms with Crippen molar-refractivity contribution in [3.63, 3.8) is 0 Å². The molecule has 1 unspecified atom stereocenters. The topological polar surface area (TPSA) is 68.4 Å². The molecular formula is C26H33N3O2. The number of aromatic amines is 1. The highest BCUT2D eigenvalue weighted by molar-refractivity contribution is 5.97. The molecule has 1 heterocycles. The van der Waals surface area contributed by atoms with Gasteiger partial charge in [-0.3, -0.25) is 4.79 Å². The van der Waals surface area contributed by atoms with E-state index in [2.05, 4.69) is 28.2 Å². The molecule has 1 aromatic heterocycles. The Bertz CT molecular complexity index is 993. The number of phenolic OH excluding ortho intramolecular Hbond substituents is 1. The largest absolute Gasteiger partial charge is 0.508 e. The average molecular weight is 420 g/mol. The molecule has 0 fully saturated rings. The number of aromatic nitrogens is 1. The van der Waals surface area contributed by atoms with Crippen LogP contribution in [0.15, 0.2) is 48.5 Å². The fourth-order valence-electron chi connectivity index (χ4n) is 4.78. The van der Waals surface area contributed by atoms with Gasteiger partial charge in [0.25, 0.3) is 5.91 Å². The van der Waals surface area contributed by atoms with E-state index in [1.54, 1.807) is 6.07 Å². The van der Waals surface area contributed by atoms with Gasteiger partial charge in [-0.15, -0.1) is 0 Å². The number of hydrogen-bond donors (Lipinski definition) is 3. The minimum Gasteiger partial charge on any atom is -0.508 e. The van der Waals surface area contributed by atoms with E-state index in [1.807, 2.05) is 36.4 Å². The highest BCUT2D eigenvalue weighted by Crippen LogP contribution is 2.30.